The van der Waals surface area contributed by atoms with Gasteiger partial charge in [0.05, 0.1) is 33.0 Å². The van der Waals surface area contributed by atoms with Crippen LogP contribution in [-0.4, -0.2) is 74.0 Å². The number of rotatable bonds is 9. The van der Waals surface area contributed by atoms with Gasteiger partial charge in [-0.05, 0) is 30.7 Å². The van der Waals surface area contributed by atoms with E-state index in [1.165, 1.54) is 15.9 Å². The number of fused-ring (bicyclic) bond motifs is 2. The number of aromatic nitrogens is 2. The van der Waals surface area contributed by atoms with E-state index in [1.54, 1.807) is 43.4 Å². The molecule has 0 saturated carbocycles. The van der Waals surface area contributed by atoms with E-state index in [-0.39, 0.29) is 24.9 Å². The lowest BCUT2D eigenvalue weighted by Crippen LogP contribution is -2.40. The van der Waals surface area contributed by atoms with Gasteiger partial charge in [-0.1, -0.05) is 23.5 Å². The molecule has 1 amide bonds. The van der Waals surface area contributed by atoms with Gasteiger partial charge < -0.3 is 18.6 Å². The van der Waals surface area contributed by atoms with E-state index in [0.717, 1.165) is 44.0 Å². The van der Waals surface area contributed by atoms with Gasteiger partial charge in [0.15, 0.2) is 10.7 Å². The monoisotopic (exact) mass is 548 g/mol. The zero-order chi connectivity index (χ0) is 25.1. The molecule has 0 bridgehead atoms. The van der Waals surface area contributed by atoms with Crippen molar-refractivity contribution >= 4 is 56.1 Å². The van der Waals surface area contributed by atoms with Crippen LogP contribution in [0.3, 0.4) is 0 Å². The van der Waals surface area contributed by atoms with Gasteiger partial charge in [-0.15, -0.1) is 12.4 Å². The summed E-state index contributed by atoms with van der Waals surface area (Å²) in [5, 5.41) is 0.528. The number of anilines is 1. The maximum atomic E-state index is 13.7. The Kier molecular flexibility index (Phi) is 8.70. The first-order valence-corrected chi connectivity index (χ1v) is 12.6. The minimum absolute atomic E-state index is 0. The van der Waals surface area contributed by atoms with Crippen molar-refractivity contribution in [2.45, 2.75) is 13.0 Å². The van der Waals surface area contributed by atoms with E-state index >= 15 is 0 Å². The van der Waals surface area contributed by atoms with Crippen LogP contribution in [0.4, 0.5) is 5.13 Å². The van der Waals surface area contributed by atoms with Crippen molar-refractivity contribution in [2.75, 3.05) is 58.5 Å². The fourth-order valence-electron chi connectivity index (χ4n) is 4.38. The normalized spacial score (nSPS) is 14.0. The molecule has 12 heteroatoms. The van der Waals surface area contributed by atoms with E-state index in [4.69, 9.17) is 23.6 Å². The third kappa shape index (κ3) is 5.59. The molecule has 2 aromatic carbocycles. The molecule has 0 aliphatic carbocycles. The summed E-state index contributed by atoms with van der Waals surface area (Å²) in [6, 6.07) is 10.7. The van der Waals surface area contributed by atoms with Gasteiger partial charge >= 0.3 is 5.76 Å². The lowest BCUT2D eigenvalue weighted by atomic mass is 10.3. The number of hydrogen-bond acceptors (Lipinski definition) is 9. The molecule has 3 heterocycles. The summed E-state index contributed by atoms with van der Waals surface area (Å²) >= 11 is 1.37. The fourth-order valence-corrected chi connectivity index (χ4v) is 5.50. The lowest BCUT2D eigenvalue weighted by Gasteiger charge is -2.27. The van der Waals surface area contributed by atoms with Crippen molar-refractivity contribution in [1.82, 2.24) is 14.5 Å². The number of para-hydroxylation sites is 2. The molecule has 198 valence electrons. The average molecular weight is 549 g/mol. The number of methoxy groups -OCH3 is 2. The molecule has 37 heavy (non-hydrogen) atoms. The molecule has 0 unspecified atom stereocenters. The molecule has 2 aromatic heterocycles. The summed E-state index contributed by atoms with van der Waals surface area (Å²) < 4.78 is 23.9. The Bertz CT molecular complexity index is 1390. The molecule has 0 spiro atoms. The van der Waals surface area contributed by atoms with E-state index in [0.29, 0.717) is 39.8 Å². The van der Waals surface area contributed by atoms with Gasteiger partial charge in [-0.2, -0.15) is 0 Å². The van der Waals surface area contributed by atoms with Crippen molar-refractivity contribution < 1.29 is 23.4 Å². The van der Waals surface area contributed by atoms with E-state index in [9.17, 15) is 9.59 Å². The van der Waals surface area contributed by atoms with Crippen LogP contribution in [-0.2, 0) is 16.1 Å². The highest BCUT2D eigenvalue weighted by atomic mass is 35.5. The molecule has 10 nitrogen and oxygen atoms in total. The molecule has 0 radical (unpaired) electrons. The number of thiazole rings is 1. The predicted octanol–water partition coefficient (Wildman–Crippen LogP) is 3.40. The topological polar surface area (TPSA) is 99.3 Å². The molecule has 0 atom stereocenters. The molecular formula is C25H29ClN4O6S. The number of nitrogens with zero attached hydrogens (tertiary/aromatic N) is 4. The Balaban J connectivity index is 0.00000320. The first-order valence-electron chi connectivity index (χ1n) is 11.8. The summed E-state index contributed by atoms with van der Waals surface area (Å²) in [6.45, 7) is 4.31. The molecule has 1 fully saturated rings. The number of oxazole rings is 1. The summed E-state index contributed by atoms with van der Waals surface area (Å²) in [5.41, 5.74) is 1.66. The second-order valence-corrected chi connectivity index (χ2v) is 9.40. The summed E-state index contributed by atoms with van der Waals surface area (Å²) in [6.07, 6.45) is 0.747. The second kappa shape index (κ2) is 12.0. The van der Waals surface area contributed by atoms with Crippen molar-refractivity contribution in [3.05, 3.63) is 46.9 Å². The Morgan fingerprint density at radius 2 is 1.84 bits per heavy atom. The molecule has 5 rings (SSSR count). The SMILES string of the molecule is COc1ccc(OC)c2sc(N(CCCN3CCOCC3)C(=O)Cn3c(=O)oc4ccccc43)nc12.Cl. The number of ether oxygens (including phenoxy) is 3. The number of morpholine rings is 1. The van der Waals surface area contributed by atoms with Crippen LogP contribution in [0.25, 0.3) is 21.3 Å². The van der Waals surface area contributed by atoms with Crippen molar-refractivity contribution in [3.8, 4) is 11.5 Å². The smallest absolute Gasteiger partial charge is 0.420 e. The zero-order valence-electron chi connectivity index (χ0n) is 20.7. The highest BCUT2D eigenvalue weighted by Gasteiger charge is 2.24. The van der Waals surface area contributed by atoms with Gasteiger partial charge in [-0.3, -0.25) is 19.2 Å². The zero-order valence-corrected chi connectivity index (χ0v) is 22.3. The van der Waals surface area contributed by atoms with Gasteiger partial charge in [0.1, 0.15) is 28.3 Å². The molecular weight excluding hydrogens is 520 g/mol. The average Bonchev–Trinajstić information content (AvgIpc) is 3.48. The summed E-state index contributed by atoms with van der Waals surface area (Å²) in [4.78, 5) is 34.9. The van der Waals surface area contributed by atoms with Crippen LogP contribution in [0.2, 0.25) is 0 Å². The Morgan fingerprint density at radius 1 is 1.11 bits per heavy atom. The number of carbonyl (C=O) groups excluding carboxylic acids is 1. The first-order chi connectivity index (χ1) is 17.6. The Labute approximate surface area is 223 Å². The number of carbonyl (C=O) groups is 1. The molecule has 0 N–H and O–H groups in total. The van der Waals surface area contributed by atoms with Gasteiger partial charge in [0.25, 0.3) is 0 Å². The summed E-state index contributed by atoms with van der Waals surface area (Å²) in [5.74, 6) is 0.450. The molecule has 4 aromatic rings. The van der Waals surface area contributed by atoms with Crippen molar-refractivity contribution in [3.63, 3.8) is 0 Å². The van der Waals surface area contributed by atoms with Gasteiger partial charge in [-0.25, -0.2) is 9.78 Å². The molecule has 1 aliphatic rings. The summed E-state index contributed by atoms with van der Waals surface area (Å²) in [7, 11) is 3.18. The maximum absolute atomic E-state index is 13.7. The third-order valence-electron chi connectivity index (χ3n) is 6.26. The van der Waals surface area contributed by atoms with Crippen LogP contribution < -0.4 is 20.1 Å². The number of halogens is 1. The predicted molar refractivity (Wildman–Crippen MR) is 145 cm³/mol. The fraction of sp³-hybridized carbons (Fsp3) is 0.400. The van der Waals surface area contributed by atoms with Crippen LogP contribution in [0.15, 0.2) is 45.6 Å². The van der Waals surface area contributed by atoms with Crippen LogP contribution in [0.5, 0.6) is 11.5 Å². The third-order valence-corrected chi connectivity index (χ3v) is 7.35. The highest BCUT2D eigenvalue weighted by molar-refractivity contribution is 7.22. The maximum Gasteiger partial charge on any atom is 0.420 e. The van der Waals surface area contributed by atoms with E-state index in [2.05, 4.69) is 4.90 Å². The van der Waals surface area contributed by atoms with E-state index < -0.39 is 5.76 Å². The number of hydrogen-bond donors (Lipinski definition) is 0. The van der Waals surface area contributed by atoms with Crippen LogP contribution in [0, 0.1) is 0 Å². The Hall–Kier alpha value is -3.12. The van der Waals surface area contributed by atoms with E-state index in [1.807, 2.05) is 12.1 Å². The van der Waals surface area contributed by atoms with Crippen molar-refractivity contribution in [2.24, 2.45) is 0 Å². The van der Waals surface area contributed by atoms with Crippen LogP contribution in [0.1, 0.15) is 6.42 Å². The number of benzene rings is 2. The highest BCUT2D eigenvalue weighted by Crippen LogP contribution is 2.40. The quantitative estimate of drug-likeness (QED) is 0.314. The largest absolute Gasteiger partial charge is 0.495 e. The van der Waals surface area contributed by atoms with Gasteiger partial charge in [0.2, 0.25) is 5.91 Å². The minimum Gasteiger partial charge on any atom is -0.495 e. The van der Waals surface area contributed by atoms with Crippen LogP contribution >= 0.6 is 23.7 Å². The lowest BCUT2D eigenvalue weighted by molar-refractivity contribution is -0.119. The standard InChI is InChI=1S/C25H28N4O6S.ClH/c1-32-19-8-9-20(33-2)23-22(19)26-24(36-23)28(11-5-10-27-12-14-34-15-13-27)21(30)16-29-17-6-3-4-7-18(17)35-25(29)31;/h3-4,6-9H,5,10-16H2,1-2H3;1H. The molecule has 1 saturated heterocycles. The number of amides is 1. The second-order valence-electron chi connectivity index (χ2n) is 8.42. The minimum atomic E-state index is -0.564. The Morgan fingerprint density at radius 3 is 2.59 bits per heavy atom. The van der Waals surface area contributed by atoms with Crippen molar-refractivity contribution in [1.29, 1.82) is 0 Å². The molecule has 1 aliphatic heterocycles. The van der Waals surface area contributed by atoms with Gasteiger partial charge in [0, 0.05) is 26.2 Å². The first kappa shape index (κ1) is 26.9.